The van der Waals surface area contributed by atoms with Gasteiger partial charge in [-0.15, -0.1) is 0 Å². The van der Waals surface area contributed by atoms with Crippen LogP contribution in [0.5, 0.6) is 0 Å². The Morgan fingerprint density at radius 1 is 1.29 bits per heavy atom. The summed E-state index contributed by atoms with van der Waals surface area (Å²) in [5, 5.41) is 8.85. The van der Waals surface area contributed by atoms with E-state index in [4.69, 9.17) is 5.11 Å². The molecule has 1 aliphatic carbocycles. The first kappa shape index (κ1) is 12.2. The summed E-state index contributed by atoms with van der Waals surface area (Å²) in [4.78, 5) is 10.7. The highest BCUT2D eigenvalue weighted by Gasteiger charge is 2.42. The van der Waals surface area contributed by atoms with Gasteiger partial charge < -0.3 is 5.11 Å². The van der Waals surface area contributed by atoms with E-state index >= 15 is 0 Å². The third-order valence-corrected chi connectivity index (χ3v) is 3.56. The monoisotopic (exact) mass is 232 g/mol. The molecule has 1 aliphatic rings. The van der Waals surface area contributed by atoms with Crippen molar-refractivity contribution < 1.29 is 9.90 Å². The van der Waals surface area contributed by atoms with E-state index in [-0.39, 0.29) is 11.3 Å². The van der Waals surface area contributed by atoms with Gasteiger partial charge in [-0.05, 0) is 35.3 Å². The Kier molecular flexibility index (Phi) is 2.98. The molecule has 17 heavy (non-hydrogen) atoms. The van der Waals surface area contributed by atoms with Crippen molar-refractivity contribution in [2.24, 2.45) is 11.8 Å². The second-order valence-corrected chi connectivity index (χ2v) is 6.09. The number of benzene rings is 1. The fourth-order valence-corrected chi connectivity index (χ4v) is 2.22. The molecule has 0 unspecified atom stereocenters. The average molecular weight is 232 g/mol. The fraction of sp³-hybridized carbons (Fsp3) is 0.533. The highest BCUT2D eigenvalue weighted by molar-refractivity contribution is 5.73. The topological polar surface area (TPSA) is 37.3 Å². The van der Waals surface area contributed by atoms with Crippen molar-refractivity contribution in [3.05, 3.63) is 35.4 Å². The summed E-state index contributed by atoms with van der Waals surface area (Å²) in [6, 6.07) is 8.59. The van der Waals surface area contributed by atoms with Gasteiger partial charge in [0, 0.05) is 0 Å². The predicted octanol–water partition coefficient (Wildman–Crippen LogP) is 3.25. The average Bonchev–Trinajstić information content (AvgIpc) is 2.96. The van der Waals surface area contributed by atoms with Crippen LogP contribution in [0.3, 0.4) is 0 Å². The van der Waals surface area contributed by atoms with Crippen LogP contribution in [0, 0.1) is 11.8 Å². The summed E-state index contributed by atoms with van der Waals surface area (Å²) in [5.41, 5.74) is 2.76. The van der Waals surface area contributed by atoms with E-state index in [9.17, 15) is 4.79 Å². The summed E-state index contributed by atoms with van der Waals surface area (Å²) in [6.07, 6.45) is 1.75. The van der Waals surface area contributed by atoms with Crippen molar-refractivity contribution >= 4 is 5.97 Å². The lowest BCUT2D eigenvalue weighted by Crippen LogP contribution is -2.10. The molecule has 0 spiro atoms. The van der Waals surface area contributed by atoms with Gasteiger partial charge in [0.05, 0.1) is 5.92 Å². The van der Waals surface area contributed by atoms with E-state index < -0.39 is 5.97 Å². The highest BCUT2D eigenvalue weighted by Crippen LogP contribution is 2.41. The SMILES string of the molecule is CC(C)(C)c1ccc(C[C@@H]2C[C@H]2C(=O)O)cc1. The van der Waals surface area contributed by atoms with Gasteiger partial charge in [0.1, 0.15) is 0 Å². The summed E-state index contributed by atoms with van der Waals surface area (Å²) in [5.74, 6) is -0.383. The highest BCUT2D eigenvalue weighted by atomic mass is 16.4. The molecule has 92 valence electrons. The second kappa shape index (κ2) is 4.17. The summed E-state index contributed by atoms with van der Waals surface area (Å²) in [6.45, 7) is 6.59. The van der Waals surface area contributed by atoms with E-state index in [1.165, 1.54) is 11.1 Å². The van der Waals surface area contributed by atoms with Gasteiger partial charge in [0.15, 0.2) is 0 Å². The zero-order chi connectivity index (χ0) is 12.6. The Hall–Kier alpha value is -1.31. The van der Waals surface area contributed by atoms with Gasteiger partial charge in [-0.3, -0.25) is 4.79 Å². The Morgan fingerprint density at radius 3 is 2.29 bits per heavy atom. The third-order valence-electron chi connectivity index (χ3n) is 3.56. The quantitative estimate of drug-likeness (QED) is 0.868. The van der Waals surface area contributed by atoms with E-state index in [1.54, 1.807) is 0 Å². The molecular formula is C15H20O2. The lowest BCUT2D eigenvalue weighted by atomic mass is 9.86. The molecule has 0 bridgehead atoms. The van der Waals surface area contributed by atoms with Gasteiger partial charge in [-0.2, -0.15) is 0 Å². The van der Waals surface area contributed by atoms with Crippen LogP contribution in [-0.4, -0.2) is 11.1 Å². The van der Waals surface area contributed by atoms with Gasteiger partial charge in [0.2, 0.25) is 0 Å². The normalized spacial score (nSPS) is 23.5. The molecule has 0 heterocycles. The van der Waals surface area contributed by atoms with Crippen LogP contribution in [0.1, 0.15) is 38.3 Å². The van der Waals surface area contributed by atoms with Crippen LogP contribution < -0.4 is 0 Å². The maximum Gasteiger partial charge on any atom is 0.306 e. The first-order valence-corrected chi connectivity index (χ1v) is 6.20. The number of carbonyl (C=O) groups is 1. The van der Waals surface area contributed by atoms with E-state index in [0.717, 1.165) is 12.8 Å². The Bertz CT molecular complexity index is 412. The van der Waals surface area contributed by atoms with Crippen LogP contribution >= 0.6 is 0 Å². The minimum absolute atomic E-state index is 0.0997. The van der Waals surface area contributed by atoms with Crippen LogP contribution in [0.25, 0.3) is 0 Å². The number of hydrogen-bond acceptors (Lipinski definition) is 1. The number of carboxylic acids is 1. The number of aliphatic carboxylic acids is 1. The standard InChI is InChI=1S/C15H20O2/c1-15(2,3)12-6-4-10(5-7-12)8-11-9-13(11)14(16)17/h4-7,11,13H,8-9H2,1-3H3,(H,16,17)/t11-,13-/m1/s1. The maximum absolute atomic E-state index is 10.7. The summed E-state index contributed by atoms with van der Waals surface area (Å²) in [7, 11) is 0. The molecule has 1 saturated carbocycles. The lowest BCUT2D eigenvalue weighted by Gasteiger charge is -2.19. The fourth-order valence-electron chi connectivity index (χ4n) is 2.22. The molecule has 0 amide bonds. The maximum atomic E-state index is 10.7. The van der Waals surface area contributed by atoms with Crippen molar-refractivity contribution in [2.75, 3.05) is 0 Å². The molecule has 1 aromatic carbocycles. The minimum Gasteiger partial charge on any atom is -0.481 e. The van der Waals surface area contributed by atoms with Crippen LogP contribution in [0.15, 0.2) is 24.3 Å². The van der Waals surface area contributed by atoms with Crippen molar-refractivity contribution in [3.8, 4) is 0 Å². The third kappa shape index (κ3) is 2.87. The molecule has 0 radical (unpaired) electrons. The first-order chi connectivity index (χ1) is 7.88. The smallest absolute Gasteiger partial charge is 0.306 e. The predicted molar refractivity (Wildman–Crippen MR) is 68.1 cm³/mol. The lowest BCUT2D eigenvalue weighted by molar-refractivity contribution is -0.138. The molecule has 1 N–H and O–H groups in total. The zero-order valence-electron chi connectivity index (χ0n) is 10.7. The summed E-state index contributed by atoms with van der Waals surface area (Å²) < 4.78 is 0. The number of carboxylic acid groups (broad SMARTS) is 1. The van der Waals surface area contributed by atoms with Crippen LogP contribution in [0.2, 0.25) is 0 Å². The van der Waals surface area contributed by atoms with E-state index in [1.807, 2.05) is 0 Å². The van der Waals surface area contributed by atoms with E-state index in [2.05, 4.69) is 45.0 Å². The Balaban J connectivity index is 1.98. The number of rotatable bonds is 3. The Labute approximate surface area is 103 Å². The molecule has 2 atom stereocenters. The molecule has 0 aromatic heterocycles. The Morgan fingerprint density at radius 2 is 1.88 bits per heavy atom. The van der Waals surface area contributed by atoms with Gasteiger partial charge in [0.25, 0.3) is 0 Å². The molecule has 2 nitrogen and oxygen atoms in total. The first-order valence-electron chi connectivity index (χ1n) is 6.20. The molecule has 1 fully saturated rings. The van der Waals surface area contributed by atoms with Gasteiger partial charge >= 0.3 is 5.97 Å². The minimum atomic E-state index is -0.638. The molecule has 0 aliphatic heterocycles. The van der Waals surface area contributed by atoms with Crippen molar-refractivity contribution in [3.63, 3.8) is 0 Å². The summed E-state index contributed by atoms with van der Waals surface area (Å²) >= 11 is 0. The van der Waals surface area contributed by atoms with Gasteiger partial charge in [-0.1, -0.05) is 45.0 Å². The molecule has 1 aromatic rings. The second-order valence-electron chi connectivity index (χ2n) is 6.09. The van der Waals surface area contributed by atoms with E-state index in [0.29, 0.717) is 5.92 Å². The molecule has 2 heteroatoms. The van der Waals surface area contributed by atoms with Gasteiger partial charge in [-0.25, -0.2) is 0 Å². The van der Waals surface area contributed by atoms with Crippen LogP contribution in [0.4, 0.5) is 0 Å². The zero-order valence-corrected chi connectivity index (χ0v) is 10.7. The van der Waals surface area contributed by atoms with Crippen molar-refractivity contribution in [2.45, 2.75) is 39.0 Å². The van der Waals surface area contributed by atoms with Crippen LogP contribution in [-0.2, 0) is 16.6 Å². The molecule has 0 saturated heterocycles. The van der Waals surface area contributed by atoms with Crippen molar-refractivity contribution in [1.29, 1.82) is 0 Å². The molecule has 2 rings (SSSR count). The van der Waals surface area contributed by atoms with Crippen molar-refractivity contribution in [1.82, 2.24) is 0 Å². The number of hydrogen-bond donors (Lipinski definition) is 1. The largest absolute Gasteiger partial charge is 0.481 e. The molecular weight excluding hydrogens is 212 g/mol.